The summed E-state index contributed by atoms with van der Waals surface area (Å²) in [5, 5.41) is 21.7. The van der Waals surface area contributed by atoms with E-state index in [9.17, 15) is 23.4 Å². The summed E-state index contributed by atoms with van der Waals surface area (Å²) in [5.41, 5.74) is -0.0751. The van der Waals surface area contributed by atoms with Gasteiger partial charge in [-0.15, -0.1) is 0 Å². The highest BCUT2D eigenvalue weighted by Gasteiger charge is 2.56. The molecule has 0 aliphatic heterocycles. The van der Waals surface area contributed by atoms with Crippen LogP contribution in [0.4, 0.5) is 13.2 Å². The molecule has 0 saturated heterocycles. The summed E-state index contributed by atoms with van der Waals surface area (Å²) < 4.78 is 43.2. The second kappa shape index (κ2) is 9.84. The Kier molecular flexibility index (Phi) is 7.10. The Morgan fingerprint density at radius 1 is 0.919 bits per heavy atom. The molecule has 4 aromatic rings. The lowest BCUT2D eigenvalue weighted by atomic mass is 9.72. The third-order valence-corrected chi connectivity index (χ3v) is 6.64. The van der Waals surface area contributed by atoms with Crippen LogP contribution in [0.2, 0.25) is 0 Å². The molecule has 5 nitrogen and oxygen atoms in total. The molecule has 0 saturated carbocycles. The van der Waals surface area contributed by atoms with Crippen molar-refractivity contribution in [1.82, 2.24) is 14.9 Å². The van der Waals surface area contributed by atoms with Crippen molar-refractivity contribution in [3.63, 3.8) is 0 Å². The minimum Gasteiger partial charge on any atom is -0.508 e. The first-order chi connectivity index (χ1) is 17.3. The Balaban J connectivity index is 1.66. The zero-order valence-electron chi connectivity index (χ0n) is 21.4. The normalized spacial score (nSPS) is 14.3. The molecule has 196 valence electrons. The Morgan fingerprint density at radius 3 is 2.27 bits per heavy atom. The van der Waals surface area contributed by atoms with Gasteiger partial charge in [0, 0.05) is 24.2 Å². The number of benzene rings is 2. The SMILES string of the molecule is CN(C)Cc1ccc2[nH]c(CC(O)(CC(C)(C)c3cc(-c4ccccc4)ccc3O)C(F)(F)F)cc2n1. The van der Waals surface area contributed by atoms with Crippen molar-refractivity contribution >= 4 is 11.0 Å². The number of aromatic amines is 1. The lowest BCUT2D eigenvalue weighted by Gasteiger charge is -2.38. The van der Waals surface area contributed by atoms with Gasteiger partial charge in [-0.05, 0) is 67.4 Å². The van der Waals surface area contributed by atoms with E-state index in [0.29, 0.717) is 23.1 Å². The summed E-state index contributed by atoms with van der Waals surface area (Å²) >= 11 is 0. The number of hydrogen-bond donors (Lipinski definition) is 3. The smallest absolute Gasteiger partial charge is 0.417 e. The Morgan fingerprint density at radius 2 is 1.62 bits per heavy atom. The molecule has 0 bridgehead atoms. The molecule has 2 aromatic heterocycles. The molecular weight excluding hydrogens is 479 g/mol. The predicted octanol–water partition coefficient (Wildman–Crippen LogP) is 6.20. The molecular formula is C29H32F3N3O2. The summed E-state index contributed by atoms with van der Waals surface area (Å²) in [7, 11) is 3.82. The maximum atomic E-state index is 14.4. The van der Waals surface area contributed by atoms with Gasteiger partial charge in [0.1, 0.15) is 5.75 Å². The number of aliphatic hydroxyl groups is 1. The van der Waals surface area contributed by atoms with Crippen molar-refractivity contribution in [1.29, 1.82) is 0 Å². The molecule has 3 N–H and O–H groups in total. The van der Waals surface area contributed by atoms with Crippen LogP contribution in [-0.2, 0) is 18.4 Å². The second-order valence-electron chi connectivity index (χ2n) is 10.6. The third-order valence-electron chi connectivity index (χ3n) is 6.64. The van der Waals surface area contributed by atoms with Crippen molar-refractivity contribution in [3.8, 4) is 16.9 Å². The Bertz CT molecular complexity index is 1380. The Labute approximate surface area is 214 Å². The number of fused-ring (bicyclic) bond motifs is 1. The van der Waals surface area contributed by atoms with Crippen LogP contribution in [0.1, 0.15) is 37.2 Å². The van der Waals surface area contributed by atoms with Gasteiger partial charge >= 0.3 is 6.18 Å². The van der Waals surface area contributed by atoms with E-state index in [2.05, 4.69) is 9.97 Å². The fourth-order valence-electron chi connectivity index (χ4n) is 4.91. The highest BCUT2D eigenvalue weighted by molar-refractivity contribution is 5.76. The molecule has 0 spiro atoms. The van der Waals surface area contributed by atoms with Gasteiger partial charge in [0.05, 0.1) is 16.7 Å². The molecule has 37 heavy (non-hydrogen) atoms. The molecule has 4 rings (SSSR count). The number of alkyl halides is 3. The monoisotopic (exact) mass is 511 g/mol. The maximum Gasteiger partial charge on any atom is 0.417 e. The van der Waals surface area contributed by atoms with Gasteiger partial charge in [-0.3, -0.25) is 0 Å². The minimum absolute atomic E-state index is 0.113. The molecule has 2 heterocycles. The van der Waals surface area contributed by atoms with E-state index in [1.807, 2.05) is 55.4 Å². The van der Waals surface area contributed by atoms with Gasteiger partial charge in [-0.1, -0.05) is 50.2 Å². The van der Waals surface area contributed by atoms with Crippen molar-refractivity contribution in [2.45, 2.75) is 50.4 Å². The van der Waals surface area contributed by atoms with E-state index in [1.54, 1.807) is 38.1 Å². The van der Waals surface area contributed by atoms with Crippen LogP contribution >= 0.6 is 0 Å². The number of aromatic hydroxyl groups is 1. The third kappa shape index (κ3) is 5.81. The molecule has 2 aromatic carbocycles. The Hall–Kier alpha value is -3.36. The average molecular weight is 512 g/mol. The second-order valence-corrected chi connectivity index (χ2v) is 10.6. The first-order valence-electron chi connectivity index (χ1n) is 12.1. The van der Waals surface area contributed by atoms with Gasteiger partial charge in [0.25, 0.3) is 0 Å². The zero-order valence-corrected chi connectivity index (χ0v) is 21.4. The molecule has 1 atom stereocenters. The maximum absolute atomic E-state index is 14.4. The topological polar surface area (TPSA) is 72.4 Å². The van der Waals surface area contributed by atoms with Crippen LogP contribution in [0.3, 0.4) is 0 Å². The van der Waals surface area contributed by atoms with E-state index < -0.39 is 30.0 Å². The van der Waals surface area contributed by atoms with E-state index >= 15 is 0 Å². The molecule has 0 fully saturated rings. The number of H-pyrrole nitrogens is 1. The van der Waals surface area contributed by atoms with Gasteiger partial charge in [0.15, 0.2) is 5.60 Å². The highest BCUT2D eigenvalue weighted by Crippen LogP contribution is 2.45. The lowest BCUT2D eigenvalue weighted by molar-refractivity contribution is -0.266. The fraction of sp³-hybridized carbons (Fsp3) is 0.345. The fourth-order valence-corrected chi connectivity index (χ4v) is 4.91. The molecule has 0 aliphatic rings. The van der Waals surface area contributed by atoms with Crippen molar-refractivity contribution < 1.29 is 23.4 Å². The summed E-state index contributed by atoms with van der Waals surface area (Å²) in [6.07, 6.45) is -6.22. The van der Waals surface area contributed by atoms with Crippen LogP contribution in [0.25, 0.3) is 22.2 Å². The summed E-state index contributed by atoms with van der Waals surface area (Å²) in [6.45, 7) is 3.81. The number of aromatic nitrogens is 2. The lowest BCUT2D eigenvalue weighted by Crippen LogP contribution is -2.50. The van der Waals surface area contributed by atoms with E-state index in [4.69, 9.17) is 0 Å². The molecule has 8 heteroatoms. The number of nitrogens with one attached hydrogen (secondary N) is 1. The summed E-state index contributed by atoms with van der Waals surface area (Å²) in [6, 6.07) is 19.5. The van der Waals surface area contributed by atoms with Gasteiger partial charge < -0.3 is 20.1 Å². The molecule has 0 amide bonds. The van der Waals surface area contributed by atoms with Crippen molar-refractivity contribution in [3.05, 3.63) is 83.7 Å². The summed E-state index contributed by atoms with van der Waals surface area (Å²) in [5.74, 6) is -0.113. The highest BCUT2D eigenvalue weighted by atomic mass is 19.4. The van der Waals surface area contributed by atoms with Crippen molar-refractivity contribution in [2.24, 2.45) is 0 Å². The number of nitrogens with zero attached hydrogens (tertiary/aromatic N) is 2. The van der Waals surface area contributed by atoms with E-state index in [0.717, 1.165) is 16.8 Å². The zero-order chi connectivity index (χ0) is 27.0. The first-order valence-corrected chi connectivity index (χ1v) is 12.1. The van der Waals surface area contributed by atoms with Crippen LogP contribution in [0.15, 0.2) is 66.7 Å². The summed E-state index contributed by atoms with van der Waals surface area (Å²) in [4.78, 5) is 9.47. The molecule has 0 aliphatic carbocycles. The van der Waals surface area contributed by atoms with E-state index in [-0.39, 0.29) is 11.4 Å². The quantitative estimate of drug-likeness (QED) is 0.263. The van der Waals surface area contributed by atoms with E-state index in [1.165, 1.54) is 6.07 Å². The number of hydrogen-bond acceptors (Lipinski definition) is 4. The largest absolute Gasteiger partial charge is 0.508 e. The molecule has 1 unspecified atom stereocenters. The molecule has 0 radical (unpaired) electrons. The van der Waals surface area contributed by atoms with Gasteiger partial charge in [-0.25, -0.2) is 4.98 Å². The van der Waals surface area contributed by atoms with Crippen LogP contribution in [0.5, 0.6) is 5.75 Å². The van der Waals surface area contributed by atoms with Crippen LogP contribution in [-0.4, -0.2) is 51.0 Å². The van der Waals surface area contributed by atoms with Gasteiger partial charge in [0.2, 0.25) is 0 Å². The number of halogens is 3. The first kappa shape index (κ1) is 26.7. The van der Waals surface area contributed by atoms with Gasteiger partial charge in [-0.2, -0.15) is 13.2 Å². The standard InChI is InChI=1S/C29H32F3N3O2/c1-27(2,23-14-20(10-13-26(23)36)19-8-6-5-7-9-19)18-28(37,29(30,31)32)16-22-15-25-24(34-22)12-11-21(33-25)17-35(3)4/h5-15,34,36-37H,16-18H2,1-4H3. The van der Waals surface area contributed by atoms with Crippen molar-refractivity contribution in [2.75, 3.05) is 14.1 Å². The minimum atomic E-state index is -4.91. The number of rotatable bonds is 8. The number of phenolic OH excluding ortho intramolecular Hbond substituents is 1. The van der Waals surface area contributed by atoms with Crippen LogP contribution in [0, 0.1) is 0 Å². The van der Waals surface area contributed by atoms with Crippen LogP contribution < -0.4 is 0 Å². The average Bonchev–Trinajstić information content (AvgIpc) is 3.19. The number of phenols is 1. The predicted molar refractivity (Wildman–Crippen MR) is 139 cm³/mol. The number of pyridine rings is 1.